The van der Waals surface area contributed by atoms with E-state index in [0.717, 1.165) is 35.4 Å². The number of benzene rings is 2. The van der Waals surface area contributed by atoms with Crippen molar-refractivity contribution < 1.29 is 9.15 Å². The van der Waals surface area contributed by atoms with Crippen LogP contribution in [0.15, 0.2) is 76.2 Å². The van der Waals surface area contributed by atoms with E-state index >= 15 is 0 Å². The largest absolute Gasteiger partial charge is 0.493 e. The Bertz CT molecular complexity index is 1530. The van der Waals surface area contributed by atoms with Crippen LogP contribution in [0.2, 0.25) is 0 Å². The first-order chi connectivity index (χ1) is 17.0. The standard InChI is InChI=1S/C28H28N4O3/c1-4-5-16-34-26-9-7-6-8-22(26)23-17-25-28(33)31(14-15-32(25)30-23)18-24-20(3)35-27(29-24)21-12-10-19(2)11-13-21/h6-15,17H,4-5,16,18H2,1-3H3. The molecule has 0 bridgehead atoms. The molecule has 0 fully saturated rings. The van der Waals surface area contributed by atoms with E-state index < -0.39 is 0 Å². The van der Waals surface area contributed by atoms with Crippen LogP contribution in [-0.4, -0.2) is 25.8 Å². The number of nitrogens with zero attached hydrogens (tertiary/aromatic N) is 4. The van der Waals surface area contributed by atoms with Crippen LogP contribution in [0.3, 0.4) is 0 Å². The monoisotopic (exact) mass is 468 g/mol. The zero-order valence-corrected chi connectivity index (χ0v) is 20.2. The Hall–Kier alpha value is -4.13. The van der Waals surface area contributed by atoms with Crippen molar-refractivity contribution in [2.45, 2.75) is 40.2 Å². The fourth-order valence-corrected chi connectivity index (χ4v) is 3.97. The van der Waals surface area contributed by atoms with E-state index in [1.807, 2.05) is 68.4 Å². The molecule has 0 aliphatic carbocycles. The number of oxazole rings is 1. The Labute approximate surface area is 203 Å². The molecule has 3 aromatic heterocycles. The maximum absolute atomic E-state index is 13.3. The molecule has 0 unspecified atom stereocenters. The van der Waals surface area contributed by atoms with E-state index in [1.54, 1.807) is 21.5 Å². The predicted octanol–water partition coefficient (Wildman–Crippen LogP) is 5.66. The lowest BCUT2D eigenvalue weighted by molar-refractivity contribution is 0.310. The van der Waals surface area contributed by atoms with Crippen molar-refractivity contribution in [1.29, 1.82) is 0 Å². The molecule has 0 spiro atoms. The Kier molecular flexibility index (Phi) is 6.23. The number of aryl methyl sites for hydroxylation is 2. The molecule has 0 aliphatic rings. The molecule has 7 nitrogen and oxygen atoms in total. The van der Waals surface area contributed by atoms with Gasteiger partial charge in [-0.2, -0.15) is 5.10 Å². The van der Waals surface area contributed by atoms with Crippen LogP contribution in [-0.2, 0) is 6.54 Å². The molecule has 0 radical (unpaired) electrons. The second-order valence-corrected chi connectivity index (χ2v) is 8.68. The van der Waals surface area contributed by atoms with Gasteiger partial charge in [-0.1, -0.05) is 43.2 Å². The molecule has 3 heterocycles. The van der Waals surface area contributed by atoms with E-state index in [2.05, 4.69) is 17.0 Å². The summed E-state index contributed by atoms with van der Waals surface area (Å²) in [5.74, 6) is 2.02. The molecule has 0 N–H and O–H groups in total. The first kappa shape index (κ1) is 22.7. The zero-order chi connectivity index (χ0) is 24.4. The van der Waals surface area contributed by atoms with E-state index in [9.17, 15) is 4.79 Å². The molecule has 35 heavy (non-hydrogen) atoms. The molecule has 0 saturated heterocycles. The smallest absolute Gasteiger partial charge is 0.276 e. The minimum Gasteiger partial charge on any atom is -0.493 e. The molecule has 2 aromatic carbocycles. The summed E-state index contributed by atoms with van der Waals surface area (Å²) in [6.07, 6.45) is 5.57. The summed E-state index contributed by atoms with van der Waals surface area (Å²) in [4.78, 5) is 18.0. The Morgan fingerprint density at radius 2 is 1.83 bits per heavy atom. The van der Waals surface area contributed by atoms with Crippen LogP contribution in [0.25, 0.3) is 28.2 Å². The summed E-state index contributed by atoms with van der Waals surface area (Å²) >= 11 is 0. The van der Waals surface area contributed by atoms with Crippen LogP contribution in [0, 0.1) is 13.8 Å². The summed E-state index contributed by atoms with van der Waals surface area (Å²) in [5, 5.41) is 4.64. The van der Waals surface area contributed by atoms with E-state index in [-0.39, 0.29) is 5.56 Å². The minimum absolute atomic E-state index is 0.144. The summed E-state index contributed by atoms with van der Waals surface area (Å²) in [7, 11) is 0. The summed E-state index contributed by atoms with van der Waals surface area (Å²) in [6.45, 7) is 7.00. The van der Waals surface area contributed by atoms with Crippen LogP contribution in [0.1, 0.15) is 36.8 Å². The predicted molar refractivity (Wildman–Crippen MR) is 136 cm³/mol. The third kappa shape index (κ3) is 4.62. The first-order valence-electron chi connectivity index (χ1n) is 11.9. The maximum Gasteiger partial charge on any atom is 0.276 e. The van der Waals surface area contributed by atoms with Gasteiger partial charge in [0, 0.05) is 23.5 Å². The van der Waals surface area contributed by atoms with Crippen molar-refractivity contribution in [2.24, 2.45) is 0 Å². The Morgan fingerprint density at radius 3 is 2.63 bits per heavy atom. The van der Waals surface area contributed by atoms with E-state index in [4.69, 9.17) is 9.15 Å². The van der Waals surface area contributed by atoms with Gasteiger partial charge in [-0.25, -0.2) is 9.50 Å². The normalized spacial score (nSPS) is 11.3. The maximum atomic E-state index is 13.3. The van der Waals surface area contributed by atoms with Gasteiger partial charge in [0.1, 0.15) is 22.7 Å². The fourth-order valence-electron chi connectivity index (χ4n) is 3.97. The number of ether oxygens (including phenoxy) is 1. The second-order valence-electron chi connectivity index (χ2n) is 8.68. The van der Waals surface area contributed by atoms with Crippen molar-refractivity contribution in [3.8, 4) is 28.5 Å². The van der Waals surface area contributed by atoms with Gasteiger partial charge in [-0.05, 0) is 50.6 Å². The van der Waals surface area contributed by atoms with Crippen molar-refractivity contribution in [3.63, 3.8) is 0 Å². The van der Waals surface area contributed by atoms with E-state index in [1.165, 1.54) is 5.56 Å². The van der Waals surface area contributed by atoms with Crippen molar-refractivity contribution in [2.75, 3.05) is 6.61 Å². The van der Waals surface area contributed by atoms with Crippen LogP contribution < -0.4 is 10.3 Å². The summed E-state index contributed by atoms with van der Waals surface area (Å²) < 4.78 is 15.1. The highest BCUT2D eigenvalue weighted by molar-refractivity contribution is 5.71. The number of hydrogen-bond acceptors (Lipinski definition) is 5. The van der Waals surface area contributed by atoms with Gasteiger partial charge in [-0.3, -0.25) is 4.79 Å². The Balaban J connectivity index is 1.45. The lowest BCUT2D eigenvalue weighted by atomic mass is 10.1. The third-order valence-corrected chi connectivity index (χ3v) is 6.03. The highest BCUT2D eigenvalue weighted by Crippen LogP contribution is 2.29. The van der Waals surface area contributed by atoms with Gasteiger partial charge in [0.2, 0.25) is 5.89 Å². The van der Waals surface area contributed by atoms with Crippen molar-refractivity contribution in [3.05, 3.63) is 94.4 Å². The highest BCUT2D eigenvalue weighted by atomic mass is 16.5. The van der Waals surface area contributed by atoms with Gasteiger partial charge in [0.25, 0.3) is 5.56 Å². The quantitative estimate of drug-likeness (QED) is 0.275. The number of para-hydroxylation sites is 1. The third-order valence-electron chi connectivity index (χ3n) is 6.03. The number of aromatic nitrogens is 4. The fraction of sp³-hybridized carbons (Fsp3) is 0.250. The average Bonchev–Trinajstić information content (AvgIpc) is 3.46. The lowest BCUT2D eigenvalue weighted by Gasteiger charge is -2.09. The van der Waals surface area contributed by atoms with Gasteiger partial charge in [0.15, 0.2) is 0 Å². The van der Waals surface area contributed by atoms with Crippen LogP contribution >= 0.6 is 0 Å². The molecule has 178 valence electrons. The molecular formula is C28H28N4O3. The highest BCUT2D eigenvalue weighted by Gasteiger charge is 2.16. The van der Waals surface area contributed by atoms with Crippen LogP contribution in [0.5, 0.6) is 5.75 Å². The van der Waals surface area contributed by atoms with Gasteiger partial charge >= 0.3 is 0 Å². The summed E-state index contributed by atoms with van der Waals surface area (Å²) in [5.41, 5.74) is 4.72. The van der Waals surface area contributed by atoms with Gasteiger partial charge < -0.3 is 13.7 Å². The SMILES string of the molecule is CCCCOc1ccccc1-c1cc2c(=O)n(Cc3nc(-c4ccc(C)cc4)oc3C)ccn2n1. The number of hydrogen-bond donors (Lipinski definition) is 0. The minimum atomic E-state index is -0.144. The number of fused-ring (bicyclic) bond motifs is 1. The lowest BCUT2D eigenvalue weighted by Crippen LogP contribution is -2.22. The molecule has 0 atom stereocenters. The van der Waals surface area contributed by atoms with Gasteiger partial charge in [-0.15, -0.1) is 0 Å². The summed E-state index contributed by atoms with van der Waals surface area (Å²) in [6, 6.07) is 17.6. The van der Waals surface area contributed by atoms with Crippen molar-refractivity contribution >= 4 is 5.52 Å². The Morgan fingerprint density at radius 1 is 1.03 bits per heavy atom. The molecule has 0 amide bonds. The second kappa shape index (κ2) is 9.62. The zero-order valence-electron chi connectivity index (χ0n) is 20.2. The molecule has 0 saturated carbocycles. The van der Waals surface area contributed by atoms with E-state index in [0.29, 0.717) is 36.0 Å². The number of rotatable bonds is 8. The molecule has 7 heteroatoms. The number of unbranched alkanes of at least 4 members (excludes halogenated alkanes) is 1. The topological polar surface area (TPSA) is 74.6 Å². The molecule has 5 aromatic rings. The first-order valence-corrected chi connectivity index (χ1v) is 11.9. The van der Waals surface area contributed by atoms with Gasteiger partial charge in [0.05, 0.1) is 18.8 Å². The van der Waals surface area contributed by atoms with Crippen molar-refractivity contribution in [1.82, 2.24) is 19.2 Å². The molecule has 0 aliphatic heterocycles. The average molecular weight is 469 g/mol. The molecular weight excluding hydrogens is 440 g/mol. The molecule has 5 rings (SSSR count). The van der Waals surface area contributed by atoms with Crippen LogP contribution in [0.4, 0.5) is 0 Å².